The minimum Gasteiger partial charge on any atom is -0.377 e. The molecule has 0 spiro atoms. The van der Waals surface area contributed by atoms with Crippen molar-refractivity contribution in [3.63, 3.8) is 0 Å². The molecule has 28 heavy (non-hydrogen) atoms. The molecule has 1 saturated heterocycles. The fourth-order valence-corrected chi connectivity index (χ4v) is 3.34. The molecule has 9 heteroatoms. The second-order valence-corrected chi connectivity index (χ2v) is 6.54. The number of hydrogen-bond acceptors (Lipinski definition) is 7. The van der Waals surface area contributed by atoms with E-state index in [0.29, 0.717) is 24.7 Å². The van der Waals surface area contributed by atoms with E-state index in [1.165, 1.54) is 10.7 Å². The van der Waals surface area contributed by atoms with E-state index >= 15 is 0 Å². The van der Waals surface area contributed by atoms with Crippen molar-refractivity contribution in [1.82, 2.24) is 29.4 Å². The molecule has 2 unspecified atom stereocenters. The Hall–Kier alpha value is -3.59. The number of rotatable bonds is 4. The summed E-state index contributed by atoms with van der Waals surface area (Å²) in [6, 6.07) is 10.4. The number of imidazole rings is 1. The number of nitrogens with zero attached hydrogens (tertiary/aromatic N) is 6. The first kappa shape index (κ1) is 16.6. The van der Waals surface area contributed by atoms with E-state index in [0.717, 1.165) is 11.2 Å². The lowest BCUT2D eigenvalue weighted by Gasteiger charge is -2.21. The summed E-state index contributed by atoms with van der Waals surface area (Å²) in [5.41, 5.74) is 2.22. The van der Waals surface area contributed by atoms with Gasteiger partial charge in [0.25, 0.3) is 5.56 Å². The van der Waals surface area contributed by atoms with Crippen LogP contribution in [0.3, 0.4) is 0 Å². The van der Waals surface area contributed by atoms with Crippen molar-refractivity contribution >= 4 is 11.5 Å². The maximum atomic E-state index is 12.5. The minimum absolute atomic E-state index is 0.133. The van der Waals surface area contributed by atoms with E-state index in [1.54, 1.807) is 35.4 Å². The number of hydrogen-bond donors (Lipinski definition) is 1. The van der Waals surface area contributed by atoms with Crippen molar-refractivity contribution in [2.45, 2.75) is 12.1 Å². The summed E-state index contributed by atoms with van der Waals surface area (Å²) in [6.07, 6.45) is 6.88. The topological polar surface area (TPSA) is 99.2 Å². The molecule has 1 aliphatic heterocycles. The predicted octanol–water partition coefficient (Wildman–Crippen LogP) is 1.40. The molecule has 0 aliphatic carbocycles. The number of nitrogens with one attached hydrogen (secondary N) is 1. The van der Waals surface area contributed by atoms with Crippen molar-refractivity contribution in [1.29, 1.82) is 0 Å². The molecule has 9 nitrogen and oxygen atoms in total. The van der Waals surface area contributed by atoms with Crippen LogP contribution in [0.2, 0.25) is 0 Å². The zero-order valence-electron chi connectivity index (χ0n) is 14.8. The van der Waals surface area contributed by atoms with Gasteiger partial charge in [0.05, 0.1) is 24.9 Å². The molecule has 140 valence electrons. The lowest BCUT2D eigenvalue weighted by molar-refractivity contribution is 0.183. The zero-order chi connectivity index (χ0) is 18.9. The summed E-state index contributed by atoms with van der Waals surface area (Å²) >= 11 is 0. The van der Waals surface area contributed by atoms with Crippen LogP contribution >= 0.6 is 0 Å². The maximum absolute atomic E-state index is 12.5. The van der Waals surface area contributed by atoms with Crippen LogP contribution in [0.1, 0.15) is 6.04 Å². The number of aromatic nitrogens is 6. The second kappa shape index (κ2) is 6.86. The van der Waals surface area contributed by atoms with Crippen molar-refractivity contribution in [3.8, 4) is 11.3 Å². The van der Waals surface area contributed by atoms with E-state index < -0.39 is 0 Å². The normalized spacial score (nSPS) is 19.1. The van der Waals surface area contributed by atoms with Crippen molar-refractivity contribution < 1.29 is 4.74 Å². The molecule has 5 rings (SSSR count). The largest absolute Gasteiger partial charge is 0.377 e. The molecule has 1 N–H and O–H groups in total. The number of pyridine rings is 1. The third-order valence-electron chi connectivity index (χ3n) is 4.75. The molecule has 0 saturated carbocycles. The Morgan fingerprint density at radius 3 is 2.79 bits per heavy atom. The van der Waals surface area contributed by atoms with Gasteiger partial charge in [-0.2, -0.15) is 5.10 Å². The molecule has 2 atom stereocenters. The third kappa shape index (κ3) is 3.01. The van der Waals surface area contributed by atoms with Gasteiger partial charge in [-0.25, -0.2) is 14.2 Å². The summed E-state index contributed by atoms with van der Waals surface area (Å²) < 4.78 is 8.84. The summed E-state index contributed by atoms with van der Waals surface area (Å²) in [5, 5.41) is 12.4. The van der Waals surface area contributed by atoms with Gasteiger partial charge >= 0.3 is 0 Å². The van der Waals surface area contributed by atoms with Crippen LogP contribution in [-0.2, 0) is 4.74 Å². The van der Waals surface area contributed by atoms with Crippen LogP contribution < -0.4 is 10.9 Å². The standard InChI is InChI=1S/C19H17N7O2/c27-19-4-1-14(13-5-7-20-8-6-13)23-26(19)16-12-28-11-15(16)22-17-2-3-18-21-9-10-25(18)24-17/h1-10,15-16H,11-12H2,(H,22,24). The van der Waals surface area contributed by atoms with Crippen LogP contribution in [0.4, 0.5) is 5.82 Å². The van der Waals surface area contributed by atoms with Crippen LogP contribution in [0, 0.1) is 0 Å². The molecule has 0 aromatic carbocycles. The Morgan fingerprint density at radius 1 is 1.00 bits per heavy atom. The fourth-order valence-electron chi connectivity index (χ4n) is 3.34. The zero-order valence-corrected chi connectivity index (χ0v) is 14.8. The molecule has 5 heterocycles. The van der Waals surface area contributed by atoms with Crippen LogP contribution in [-0.4, -0.2) is 48.6 Å². The SMILES string of the molecule is O=c1ccc(-c2ccncc2)nn1C1COCC1Nc1ccc2nccn2n1. The summed E-state index contributed by atoms with van der Waals surface area (Å²) in [4.78, 5) is 20.7. The first-order valence-corrected chi connectivity index (χ1v) is 8.93. The van der Waals surface area contributed by atoms with Crippen molar-refractivity contribution in [3.05, 3.63) is 71.5 Å². The molecule has 1 aliphatic rings. The highest BCUT2D eigenvalue weighted by atomic mass is 16.5. The van der Waals surface area contributed by atoms with Gasteiger partial charge in [-0.3, -0.25) is 9.78 Å². The number of ether oxygens (including phenoxy) is 1. The minimum atomic E-state index is -0.241. The third-order valence-corrected chi connectivity index (χ3v) is 4.75. The monoisotopic (exact) mass is 375 g/mol. The molecule has 0 radical (unpaired) electrons. The Morgan fingerprint density at radius 2 is 1.89 bits per heavy atom. The first-order chi connectivity index (χ1) is 13.8. The molecular formula is C19H17N7O2. The summed E-state index contributed by atoms with van der Waals surface area (Å²) in [6.45, 7) is 0.861. The van der Waals surface area contributed by atoms with Gasteiger partial charge in [0.1, 0.15) is 11.9 Å². The Kier molecular flexibility index (Phi) is 4.06. The Bertz CT molecular complexity index is 1170. The molecule has 0 amide bonds. The first-order valence-electron chi connectivity index (χ1n) is 8.93. The van der Waals surface area contributed by atoms with Gasteiger partial charge in [0, 0.05) is 36.4 Å². The van der Waals surface area contributed by atoms with E-state index in [9.17, 15) is 4.79 Å². The number of fused-ring (bicyclic) bond motifs is 1. The molecule has 4 aromatic rings. The van der Waals surface area contributed by atoms with Gasteiger partial charge in [0.2, 0.25) is 0 Å². The lowest BCUT2D eigenvalue weighted by Crippen LogP contribution is -2.37. The smallest absolute Gasteiger partial charge is 0.267 e. The highest BCUT2D eigenvalue weighted by molar-refractivity contribution is 5.57. The summed E-state index contributed by atoms with van der Waals surface area (Å²) in [5.74, 6) is 0.685. The van der Waals surface area contributed by atoms with Crippen molar-refractivity contribution in [2.24, 2.45) is 0 Å². The lowest BCUT2D eigenvalue weighted by atomic mass is 10.1. The highest BCUT2D eigenvalue weighted by Crippen LogP contribution is 2.22. The average Bonchev–Trinajstić information content (AvgIpc) is 3.38. The van der Waals surface area contributed by atoms with E-state index in [4.69, 9.17) is 4.74 Å². The van der Waals surface area contributed by atoms with Crippen molar-refractivity contribution in [2.75, 3.05) is 18.5 Å². The van der Waals surface area contributed by atoms with Crippen LogP contribution in [0.15, 0.2) is 66.0 Å². The molecule has 1 fully saturated rings. The van der Waals surface area contributed by atoms with Gasteiger partial charge in [-0.15, -0.1) is 5.10 Å². The molecule has 0 bridgehead atoms. The molecular weight excluding hydrogens is 358 g/mol. The molecule has 4 aromatic heterocycles. The van der Waals surface area contributed by atoms with E-state index in [-0.39, 0.29) is 17.6 Å². The highest BCUT2D eigenvalue weighted by Gasteiger charge is 2.32. The predicted molar refractivity (Wildman–Crippen MR) is 102 cm³/mol. The van der Waals surface area contributed by atoms with Gasteiger partial charge < -0.3 is 10.1 Å². The average molecular weight is 375 g/mol. The van der Waals surface area contributed by atoms with E-state index in [1.807, 2.05) is 24.3 Å². The fraction of sp³-hybridized carbons (Fsp3) is 0.211. The van der Waals surface area contributed by atoms with Gasteiger partial charge in [-0.05, 0) is 30.3 Å². The Labute approximate surface area is 159 Å². The second-order valence-electron chi connectivity index (χ2n) is 6.54. The quantitative estimate of drug-likeness (QED) is 0.575. The van der Waals surface area contributed by atoms with Crippen LogP contribution in [0.25, 0.3) is 16.9 Å². The number of anilines is 1. The maximum Gasteiger partial charge on any atom is 0.267 e. The Balaban J connectivity index is 1.45. The van der Waals surface area contributed by atoms with E-state index in [2.05, 4.69) is 25.5 Å². The summed E-state index contributed by atoms with van der Waals surface area (Å²) in [7, 11) is 0. The van der Waals surface area contributed by atoms with Gasteiger partial charge in [0.15, 0.2) is 5.65 Å². The van der Waals surface area contributed by atoms with Crippen LogP contribution in [0.5, 0.6) is 0 Å². The van der Waals surface area contributed by atoms with Gasteiger partial charge in [-0.1, -0.05) is 0 Å².